The number of rotatable bonds is 8. The Hall–Kier alpha value is -0.290. The molecule has 0 aromatic heterocycles. The first-order chi connectivity index (χ1) is 7.72. The summed E-state index contributed by atoms with van der Waals surface area (Å²) in [5, 5.41) is 3.30. The minimum absolute atomic E-state index is 0.0856. The van der Waals surface area contributed by atoms with E-state index < -0.39 is 12.6 Å². The molecule has 104 valence electrons. The van der Waals surface area contributed by atoms with E-state index in [-0.39, 0.29) is 12.6 Å². The van der Waals surface area contributed by atoms with Gasteiger partial charge < -0.3 is 10.2 Å². The standard InChI is InChI=1S/C12H25F3N2/c1-10(2)16-8-5-6-11(3)17(4)9-7-12(13,14)15/h10-11,16H,5-9H2,1-4H3. The van der Waals surface area contributed by atoms with E-state index in [2.05, 4.69) is 19.2 Å². The van der Waals surface area contributed by atoms with Crippen molar-refractivity contribution in [2.24, 2.45) is 0 Å². The lowest BCUT2D eigenvalue weighted by Gasteiger charge is -2.25. The van der Waals surface area contributed by atoms with Gasteiger partial charge in [0, 0.05) is 18.6 Å². The van der Waals surface area contributed by atoms with Gasteiger partial charge in [-0.25, -0.2) is 0 Å². The normalized spacial score (nSPS) is 14.6. The molecule has 5 heteroatoms. The Labute approximate surface area is 103 Å². The summed E-state index contributed by atoms with van der Waals surface area (Å²) in [5.74, 6) is 0. The second kappa shape index (κ2) is 7.93. The van der Waals surface area contributed by atoms with Crippen LogP contribution in [0.1, 0.15) is 40.0 Å². The van der Waals surface area contributed by atoms with Gasteiger partial charge in [0.2, 0.25) is 0 Å². The molecule has 0 radical (unpaired) electrons. The maximum Gasteiger partial charge on any atom is 0.390 e. The Morgan fingerprint density at radius 3 is 2.24 bits per heavy atom. The first-order valence-corrected chi connectivity index (χ1v) is 6.22. The summed E-state index contributed by atoms with van der Waals surface area (Å²) in [7, 11) is 1.76. The van der Waals surface area contributed by atoms with Crippen LogP contribution in [-0.2, 0) is 0 Å². The first kappa shape index (κ1) is 16.7. The van der Waals surface area contributed by atoms with Crippen molar-refractivity contribution in [3.8, 4) is 0 Å². The van der Waals surface area contributed by atoms with Crippen LogP contribution in [0.2, 0.25) is 0 Å². The molecular formula is C12H25F3N2. The van der Waals surface area contributed by atoms with Crippen LogP contribution >= 0.6 is 0 Å². The molecule has 0 aliphatic carbocycles. The number of hydrogen-bond donors (Lipinski definition) is 1. The van der Waals surface area contributed by atoms with Crippen LogP contribution in [0.5, 0.6) is 0 Å². The van der Waals surface area contributed by atoms with E-state index in [1.165, 1.54) is 0 Å². The fourth-order valence-electron chi connectivity index (χ4n) is 1.53. The van der Waals surface area contributed by atoms with Gasteiger partial charge in [-0.05, 0) is 33.4 Å². The molecule has 0 bridgehead atoms. The Kier molecular flexibility index (Phi) is 7.79. The van der Waals surface area contributed by atoms with E-state index >= 15 is 0 Å². The third-order valence-corrected chi connectivity index (χ3v) is 2.85. The molecule has 1 unspecified atom stereocenters. The minimum atomic E-state index is -4.05. The zero-order valence-electron chi connectivity index (χ0n) is 11.3. The number of alkyl halides is 3. The fraction of sp³-hybridized carbons (Fsp3) is 1.00. The van der Waals surface area contributed by atoms with Crippen LogP contribution in [0.15, 0.2) is 0 Å². The van der Waals surface area contributed by atoms with Gasteiger partial charge in [-0.15, -0.1) is 0 Å². The minimum Gasteiger partial charge on any atom is -0.315 e. The van der Waals surface area contributed by atoms with E-state index in [0.29, 0.717) is 6.04 Å². The largest absolute Gasteiger partial charge is 0.390 e. The molecule has 0 fully saturated rings. The van der Waals surface area contributed by atoms with E-state index in [0.717, 1.165) is 19.4 Å². The average Bonchev–Trinajstić information content (AvgIpc) is 2.19. The fourth-order valence-corrected chi connectivity index (χ4v) is 1.53. The highest BCUT2D eigenvalue weighted by molar-refractivity contribution is 4.66. The van der Waals surface area contributed by atoms with Gasteiger partial charge in [0.15, 0.2) is 0 Å². The van der Waals surface area contributed by atoms with Crippen molar-refractivity contribution in [2.45, 2.75) is 58.3 Å². The Balaban J connectivity index is 3.64. The van der Waals surface area contributed by atoms with E-state index in [9.17, 15) is 13.2 Å². The highest BCUT2D eigenvalue weighted by Crippen LogP contribution is 2.20. The highest BCUT2D eigenvalue weighted by atomic mass is 19.4. The van der Waals surface area contributed by atoms with Crippen LogP contribution in [0.3, 0.4) is 0 Å². The van der Waals surface area contributed by atoms with Crippen LogP contribution in [-0.4, -0.2) is 43.3 Å². The molecule has 0 amide bonds. The summed E-state index contributed by atoms with van der Waals surface area (Å²) in [4.78, 5) is 1.78. The Morgan fingerprint density at radius 2 is 1.76 bits per heavy atom. The first-order valence-electron chi connectivity index (χ1n) is 6.22. The Morgan fingerprint density at radius 1 is 1.18 bits per heavy atom. The van der Waals surface area contributed by atoms with Crippen molar-refractivity contribution in [1.82, 2.24) is 10.2 Å². The molecule has 1 atom stereocenters. The molecule has 2 nitrogen and oxygen atoms in total. The van der Waals surface area contributed by atoms with Crippen molar-refractivity contribution in [1.29, 1.82) is 0 Å². The monoisotopic (exact) mass is 254 g/mol. The molecule has 0 rings (SSSR count). The molecule has 0 spiro atoms. The van der Waals surface area contributed by atoms with E-state index in [1.54, 1.807) is 11.9 Å². The van der Waals surface area contributed by atoms with Gasteiger partial charge >= 0.3 is 6.18 Å². The van der Waals surface area contributed by atoms with E-state index in [4.69, 9.17) is 0 Å². The lowest BCUT2D eigenvalue weighted by Crippen LogP contribution is -2.33. The average molecular weight is 254 g/mol. The SMILES string of the molecule is CC(C)NCCCC(C)N(C)CCC(F)(F)F. The topological polar surface area (TPSA) is 15.3 Å². The quantitative estimate of drug-likeness (QED) is 0.670. The van der Waals surface area contributed by atoms with Crippen LogP contribution in [0.25, 0.3) is 0 Å². The molecule has 0 aromatic carbocycles. The molecule has 17 heavy (non-hydrogen) atoms. The van der Waals surface area contributed by atoms with Crippen molar-refractivity contribution in [3.63, 3.8) is 0 Å². The molecule has 0 heterocycles. The van der Waals surface area contributed by atoms with Crippen molar-refractivity contribution < 1.29 is 13.2 Å². The molecule has 0 aliphatic rings. The molecular weight excluding hydrogens is 229 g/mol. The Bertz CT molecular complexity index is 193. The van der Waals surface area contributed by atoms with Crippen LogP contribution < -0.4 is 5.32 Å². The van der Waals surface area contributed by atoms with Crippen molar-refractivity contribution >= 4 is 0 Å². The molecule has 0 aromatic rings. The van der Waals surface area contributed by atoms with Gasteiger partial charge in [-0.1, -0.05) is 13.8 Å². The second-order valence-electron chi connectivity index (χ2n) is 4.95. The zero-order chi connectivity index (χ0) is 13.5. The summed E-state index contributed by atoms with van der Waals surface area (Å²) in [5.41, 5.74) is 0. The predicted molar refractivity (Wildman–Crippen MR) is 65.1 cm³/mol. The number of nitrogens with zero attached hydrogens (tertiary/aromatic N) is 1. The van der Waals surface area contributed by atoms with Crippen molar-refractivity contribution in [2.75, 3.05) is 20.1 Å². The summed E-state index contributed by atoms with van der Waals surface area (Å²) < 4.78 is 36.1. The summed E-state index contributed by atoms with van der Waals surface area (Å²) in [6.45, 7) is 7.15. The van der Waals surface area contributed by atoms with Gasteiger partial charge in [-0.2, -0.15) is 13.2 Å². The zero-order valence-corrected chi connectivity index (χ0v) is 11.3. The predicted octanol–water partition coefficient (Wildman–Crippen LogP) is 3.04. The summed E-state index contributed by atoms with van der Waals surface area (Å²) in [6.07, 6.45) is -2.85. The third-order valence-electron chi connectivity index (χ3n) is 2.85. The molecule has 0 saturated carbocycles. The maximum atomic E-state index is 12.0. The van der Waals surface area contributed by atoms with Gasteiger partial charge in [0.25, 0.3) is 0 Å². The molecule has 0 aliphatic heterocycles. The second-order valence-corrected chi connectivity index (χ2v) is 4.95. The summed E-state index contributed by atoms with van der Waals surface area (Å²) >= 11 is 0. The maximum absolute atomic E-state index is 12.0. The van der Waals surface area contributed by atoms with Gasteiger partial charge in [0.1, 0.15) is 0 Å². The lowest BCUT2D eigenvalue weighted by atomic mass is 10.1. The van der Waals surface area contributed by atoms with E-state index in [1.807, 2.05) is 6.92 Å². The van der Waals surface area contributed by atoms with Gasteiger partial charge in [0.05, 0.1) is 6.42 Å². The van der Waals surface area contributed by atoms with Crippen molar-refractivity contribution in [3.05, 3.63) is 0 Å². The molecule has 0 saturated heterocycles. The highest BCUT2D eigenvalue weighted by Gasteiger charge is 2.27. The number of nitrogens with one attached hydrogen (secondary N) is 1. The summed E-state index contributed by atoms with van der Waals surface area (Å²) in [6, 6.07) is 0.666. The third kappa shape index (κ3) is 10.6. The lowest BCUT2D eigenvalue weighted by molar-refractivity contribution is -0.138. The van der Waals surface area contributed by atoms with Crippen LogP contribution in [0, 0.1) is 0 Å². The van der Waals surface area contributed by atoms with Gasteiger partial charge in [-0.3, -0.25) is 0 Å². The number of hydrogen-bond acceptors (Lipinski definition) is 2. The van der Waals surface area contributed by atoms with Crippen LogP contribution in [0.4, 0.5) is 13.2 Å². The number of halogens is 3. The molecule has 1 N–H and O–H groups in total. The smallest absolute Gasteiger partial charge is 0.315 e.